The van der Waals surface area contributed by atoms with Crippen molar-refractivity contribution in [3.8, 4) is 0 Å². The fourth-order valence-corrected chi connectivity index (χ4v) is 1.64. The monoisotopic (exact) mass is 227 g/mol. The molecule has 0 saturated heterocycles. The molecular weight excluding hydrogens is 206 g/mol. The molecule has 0 aliphatic heterocycles. The largest absolute Gasteiger partial charge is 0.481 e. The van der Waals surface area contributed by atoms with Crippen LogP contribution in [0, 0.1) is 0 Å². The van der Waals surface area contributed by atoms with Gasteiger partial charge in [0, 0.05) is 11.0 Å². The number of aliphatic carboxylic acids is 1. The zero-order valence-corrected chi connectivity index (χ0v) is 9.93. The molecule has 16 heavy (non-hydrogen) atoms. The SMILES string of the molecule is CCCCCCCCC(CC(=O)O)N=[N+]=[N-]. The van der Waals surface area contributed by atoms with Crippen LogP contribution in [-0.2, 0) is 4.79 Å². The minimum atomic E-state index is -0.900. The van der Waals surface area contributed by atoms with E-state index in [1.54, 1.807) is 0 Å². The van der Waals surface area contributed by atoms with Gasteiger partial charge < -0.3 is 5.11 Å². The van der Waals surface area contributed by atoms with Crippen LogP contribution in [0.2, 0.25) is 0 Å². The number of hydrogen-bond acceptors (Lipinski definition) is 2. The van der Waals surface area contributed by atoms with Crippen molar-refractivity contribution in [3.63, 3.8) is 0 Å². The fraction of sp³-hybridized carbons (Fsp3) is 0.909. The molecule has 0 aliphatic rings. The third kappa shape index (κ3) is 9.34. The van der Waals surface area contributed by atoms with E-state index in [0.717, 1.165) is 12.8 Å². The first-order valence-corrected chi connectivity index (χ1v) is 5.96. The van der Waals surface area contributed by atoms with E-state index >= 15 is 0 Å². The Balaban J connectivity index is 3.60. The number of unbranched alkanes of at least 4 members (excludes halogenated alkanes) is 5. The Kier molecular flexibility index (Phi) is 9.52. The average Bonchev–Trinajstić information content (AvgIpc) is 2.22. The first-order chi connectivity index (χ1) is 7.70. The van der Waals surface area contributed by atoms with Gasteiger partial charge in [-0.25, -0.2) is 0 Å². The molecular formula is C11H21N3O2. The van der Waals surface area contributed by atoms with Crippen LogP contribution in [0.25, 0.3) is 10.4 Å². The molecule has 0 rings (SSSR count). The van der Waals surface area contributed by atoms with Crippen LogP contribution in [0.3, 0.4) is 0 Å². The van der Waals surface area contributed by atoms with E-state index in [1.165, 1.54) is 25.7 Å². The van der Waals surface area contributed by atoms with Gasteiger partial charge in [0.1, 0.15) is 0 Å². The second-order valence-electron chi connectivity index (χ2n) is 4.01. The van der Waals surface area contributed by atoms with Crippen molar-refractivity contribution < 1.29 is 9.90 Å². The molecule has 0 spiro atoms. The molecule has 0 bridgehead atoms. The van der Waals surface area contributed by atoms with Gasteiger partial charge in [0.15, 0.2) is 0 Å². The summed E-state index contributed by atoms with van der Waals surface area (Å²) in [7, 11) is 0. The molecule has 0 fully saturated rings. The summed E-state index contributed by atoms with van der Waals surface area (Å²) in [6.45, 7) is 2.17. The van der Waals surface area contributed by atoms with E-state index in [9.17, 15) is 4.79 Å². The molecule has 0 aromatic rings. The van der Waals surface area contributed by atoms with Crippen LogP contribution in [0.15, 0.2) is 5.11 Å². The lowest BCUT2D eigenvalue weighted by Crippen LogP contribution is -2.10. The van der Waals surface area contributed by atoms with Gasteiger partial charge in [-0.2, -0.15) is 0 Å². The zero-order valence-electron chi connectivity index (χ0n) is 9.93. The molecule has 0 saturated carbocycles. The first-order valence-electron chi connectivity index (χ1n) is 5.96. The summed E-state index contributed by atoms with van der Waals surface area (Å²) in [5.74, 6) is -0.900. The molecule has 5 nitrogen and oxygen atoms in total. The van der Waals surface area contributed by atoms with E-state index in [2.05, 4.69) is 16.9 Å². The highest BCUT2D eigenvalue weighted by Crippen LogP contribution is 2.12. The quantitative estimate of drug-likeness (QED) is 0.265. The summed E-state index contributed by atoms with van der Waals surface area (Å²) in [6.07, 6.45) is 7.57. The van der Waals surface area contributed by atoms with Crippen LogP contribution >= 0.6 is 0 Å². The normalized spacial score (nSPS) is 11.8. The molecule has 92 valence electrons. The summed E-state index contributed by atoms with van der Waals surface area (Å²) in [5, 5.41) is 12.1. The number of carbonyl (C=O) groups is 1. The number of carboxylic acids is 1. The molecule has 0 radical (unpaired) electrons. The van der Waals surface area contributed by atoms with Gasteiger partial charge in [0.25, 0.3) is 0 Å². The lowest BCUT2D eigenvalue weighted by molar-refractivity contribution is -0.137. The second-order valence-corrected chi connectivity index (χ2v) is 4.01. The first kappa shape index (κ1) is 14.8. The Bertz CT molecular complexity index is 237. The van der Waals surface area contributed by atoms with Gasteiger partial charge in [0.2, 0.25) is 0 Å². The summed E-state index contributed by atoms with van der Waals surface area (Å²) in [5.41, 5.74) is 8.29. The topological polar surface area (TPSA) is 86.1 Å². The maximum absolute atomic E-state index is 10.5. The van der Waals surface area contributed by atoms with Crippen molar-refractivity contribution in [2.45, 2.75) is 64.3 Å². The van der Waals surface area contributed by atoms with Crippen LogP contribution in [0.5, 0.6) is 0 Å². The number of nitrogens with zero attached hydrogens (tertiary/aromatic N) is 3. The highest BCUT2D eigenvalue weighted by molar-refractivity contribution is 5.67. The molecule has 0 amide bonds. The minimum Gasteiger partial charge on any atom is -0.481 e. The van der Waals surface area contributed by atoms with Crippen LogP contribution in [-0.4, -0.2) is 17.1 Å². The van der Waals surface area contributed by atoms with Gasteiger partial charge in [0.05, 0.1) is 6.42 Å². The number of hydrogen-bond donors (Lipinski definition) is 1. The fourth-order valence-electron chi connectivity index (χ4n) is 1.64. The Hall–Kier alpha value is -1.22. The Morgan fingerprint density at radius 1 is 1.31 bits per heavy atom. The van der Waals surface area contributed by atoms with Crippen molar-refractivity contribution in [2.24, 2.45) is 5.11 Å². The van der Waals surface area contributed by atoms with E-state index < -0.39 is 5.97 Å². The summed E-state index contributed by atoms with van der Waals surface area (Å²) in [4.78, 5) is 13.2. The van der Waals surface area contributed by atoms with Crippen LogP contribution in [0.4, 0.5) is 0 Å². The molecule has 0 aromatic carbocycles. The second kappa shape index (κ2) is 10.3. The highest BCUT2D eigenvalue weighted by Gasteiger charge is 2.10. The van der Waals surface area contributed by atoms with E-state index in [1.807, 2.05) is 0 Å². The third-order valence-electron chi connectivity index (χ3n) is 2.52. The molecule has 0 aliphatic carbocycles. The van der Waals surface area contributed by atoms with E-state index in [-0.39, 0.29) is 12.5 Å². The molecule has 0 heterocycles. The predicted molar refractivity (Wildman–Crippen MR) is 63.2 cm³/mol. The van der Waals surface area contributed by atoms with Crippen molar-refractivity contribution in [3.05, 3.63) is 10.4 Å². The van der Waals surface area contributed by atoms with E-state index in [0.29, 0.717) is 6.42 Å². The van der Waals surface area contributed by atoms with Crippen molar-refractivity contribution in [1.82, 2.24) is 0 Å². The number of rotatable bonds is 10. The van der Waals surface area contributed by atoms with Gasteiger partial charge in [-0.1, -0.05) is 50.6 Å². The molecule has 1 N–H and O–H groups in total. The van der Waals surface area contributed by atoms with Crippen LogP contribution in [0.1, 0.15) is 58.3 Å². The van der Waals surface area contributed by atoms with Gasteiger partial charge in [-0.15, -0.1) is 0 Å². The summed E-state index contributed by atoms with van der Waals surface area (Å²) in [6, 6.07) is -0.381. The minimum absolute atomic E-state index is 0.0565. The molecule has 1 atom stereocenters. The third-order valence-corrected chi connectivity index (χ3v) is 2.52. The Morgan fingerprint density at radius 3 is 2.50 bits per heavy atom. The lowest BCUT2D eigenvalue weighted by atomic mass is 10.0. The smallest absolute Gasteiger partial charge is 0.303 e. The Labute approximate surface area is 96.5 Å². The Morgan fingerprint density at radius 2 is 1.94 bits per heavy atom. The maximum Gasteiger partial charge on any atom is 0.303 e. The number of azide groups is 1. The van der Waals surface area contributed by atoms with Gasteiger partial charge >= 0.3 is 5.97 Å². The highest BCUT2D eigenvalue weighted by atomic mass is 16.4. The number of carboxylic acid groups (broad SMARTS) is 1. The average molecular weight is 227 g/mol. The molecule has 5 heteroatoms. The van der Waals surface area contributed by atoms with Crippen molar-refractivity contribution in [2.75, 3.05) is 0 Å². The predicted octanol–water partition coefficient (Wildman–Crippen LogP) is 3.89. The molecule has 0 aromatic heterocycles. The van der Waals surface area contributed by atoms with Gasteiger partial charge in [-0.3, -0.25) is 4.79 Å². The zero-order chi connectivity index (χ0) is 12.2. The van der Waals surface area contributed by atoms with Gasteiger partial charge in [-0.05, 0) is 12.0 Å². The summed E-state index contributed by atoms with van der Waals surface area (Å²) < 4.78 is 0. The van der Waals surface area contributed by atoms with Crippen molar-refractivity contribution >= 4 is 5.97 Å². The van der Waals surface area contributed by atoms with E-state index in [4.69, 9.17) is 10.6 Å². The van der Waals surface area contributed by atoms with Crippen LogP contribution < -0.4 is 0 Å². The lowest BCUT2D eigenvalue weighted by Gasteiger charge is -2.07. The standard InChI is InChI=1S/C11H21N3O2/c1-2-3-4-5-6-7-8-10(13-14-12)9-11(15)16/h10H,2-9H2,1H3,(H,15,16). The molecule has 1 unspecified atom stereocenters. The van der Waals surface area contributed by atoms with Crippen molar-refractivity contribution in [1.29, 1.82) is 0 Å². The summed E-state index contributed by atoms with van der Waals surface area (Å²) >= 11 is 0. The maximum atomic E-state index is 10.5.